The standard InChI is InChI=1S/C13H19NO2/c15-13(11-4-2-1-3-5-11)10-16-9-8-14-12-6-7-12/h1-5,12-15H,6-10H2. The Morgan fingerprint density at radius 1 is 1.31 bits per heavy atom. The largest absolute Gasteiger partial charge is 0.386 e. The van der Waals surface area contributed by atoms with Gasteiger partial charge in [-0.1, -0.05) is 30.3 Å². The van der Waals surface area contributed by atoms with Crippen LogP contribution in [0.4, 0.5) is 0 Å². The Kier molecular flexibility index (Phi) is 4.34. The zero-order valence-electron chi connectivity index (χ0n) is 9.43. The Labute approximate surface area is 96.4 Å². The summed E-state index contributed by atoms with van der Waals surface area (Å²) in [5, 5.41) is 13.2. The van der Waals surface area contributed by atoms with E-state index in [9.17, 15) is 5.11 Å². The minimum Gasteiger partial charge on any atom is -0.386 e. The Morgan fingerprint density at radius 3 is 2.75 bits per heavy atom. The van der Waals surface area contributed by atoms with Crippen molar-refractivity contribution in [3.63, 3.8) is 0 Å². The van der Waals surface area contributed by atoms with Crippen LogP contribution in [0.3, 0.4) is 0 Å². The minimum atomic E-state index is -0.512. The lowest BCUT2D eigenvalue weighted by Gasteiger charge is -2.11. The first-order valence-corrected chi connectivity index (χ1v) is 5.90. The van der Waals surface area contributed by atoms with Gasteiger partial charge in [-0.15, -0.1) is 0 Å². The molecule has 0 saturated heterocycles. The second-order valence-electron chi connectivity index (χ2n) is 4.23. The fraction of sp³-hybridized carbons (Fsp3) is 0.538. The number of rotatable bonds is 7. The van der Waals surface area contributed by atoms with Crippen LogP contribution in [0.1, 0.15) is 24.5 Å². The van der Waals surface area contributed by atoms with Crippen LogP contribution in [0.5, 0.6) is 0 Å². The highest BCUT2D eigenvalue weighted by Crippen LogP contribution is 2.18. The number of aliphatic hydroxyl groups excluding tert-OH is 1. The molecule has 1 fully saturated rings. The van der Waals surface area contributed by atoms with Gasteiger partial charge >= 0.3 is 0 Å². The summed E-state index contributed by atoms with van der Waals surface area (Å²) >= 11 is 0. The van der Waals surface area contributed by atoms with Gasteiger partial charge in [0.25, 0.3) is 0 Å². The fourth-order valence-electron chi connectivity index (χ4n) is 1.59. The van der Waals surface area contributed by atoms with Crippen LogP contribution in [0.2, 0.25) is 0 Å². The van der Waals surface area contributed by atoms with Crippen molar-refractivity contribution in [3.05, 3.63) is 35.9 Å². The Morgan fingerprint density at radius 2 is 2.06 bits per heavy atom. The van der Waals surface area contributed by atoms with E-state index >= 15 is 0 Å². The number of benzene rings is 1. The number of hydrogen-bond acceptors (Lipinski definition) is 3. The first kappa shape index (κ1) is 11.6. The van der Waals surface area contributed by atoms with Crippen molar-refractivity contribution in [3.8, 4) is 0 Å². The van der Waals surface area contributed by atoms with Crippen molar-refractivity contribution in [2.75, 3.05) is 19.8 Å². The number of nitrogens with one attached hydrogen (secondary N) is 1. The minimum absolute atomic E-state index is 0.371. The molecule has 0 aliphatic heterocycles. The van der Waals surface area contributed by atoms with Crippen LogP contribution in [-0.2, 0) is 4.74 Å². The van der Waals surface area contributed by atoms with Crippen LogP contribution < -0.4 is 5.32 Å². The molecule has 0 amide bonds. The molecule has 1 unspecified atom stereocenters. The number of hydrogen-bond donors (Lipinski definition) is 2. The highest BCUT2D eigenvalue weighted by molar-refractivity contribution is 5.17. The molecule has 0 aromatic heterocycles. The maximum Gasteiger partial charge on any atom is 0.102 e. The monoisotopic (exact) mass is 221 g/mol. The van der Waals surface area contributed by atoms with Crippen LogP contribution in [0.15, 0.2) is 30.3 Å². The van der Waals surface area contributed by atoms with Crippen LogP contribution in [0.25, 0.3) is 0 Å². The molecule has 2 rings (SSSR count). The predicted molar refractivity (Wildman–Crippen MR) is 63.2 cm³/mol. The van der Waals surface area contributed by atoms with Crippen LogP contribution in [-0.4, -0.2) is 30.9 Å². The lowest BCUT2D eigenvalue weighted by Crippen LogP contribution is -2.22. The summed E-state index contributed by atoms with van der Waals surface area (Å²) in [7, 11) is 0. The van der Waals surface area contributed by atoms with Gasteiger partial charge in [0.05, 0.1) is 13.2 Å². The topological polar surface area (TPSA) is 41.5 Å². The van der Waals surface area contributed by atoms with E-state index in [0.29, 0.717) is 13.2 Å². The predicted octanol–water partition coefficient (Wildman–Crippen LogP) is 1.49. The summed E-state index contributed by atoms with van der Waals surface area (Å²) in [6.45, 7) is 1.92. The molecule has 0 bridgehead atoms. The quantitative estimate of drug-likeness (QED) is 0.685. The first-order chi connectivity index (χ1) is 7.86. The molecule has 1 aromatic rings. The Balaban J connectivity index is 1.58. The van der Waals surface area contributed by atoms with Crippen molar-refractivity contribution in [2.24, 2.45) is 0 Å². The Hall–Kier alpha value is -0.900. The lowest BCUT2D eigenvalue weighted by molar-refractivity contribution is 0.0373. The van der Waals surface area contributed by atoms with Crippen molar-refractivity contribution in [2.45, 2.75) is 25.0 Å². The molecule has 1 saturated carbocycles. The van der Waals surface area contributed by atoms with Gasteiger partial charge in [-0.25, -0.2) is 0 Å². The van der Waals surface area contributed by atoms with Crippen molar-refractivity contribution >= 4 is 0 Å². The van der Waals surface area contributed by atoms with Gasteiger partial charge in [-0.2, -0.15) is 0 Å². The molecule has 3 heteroatoms. The third kappa shape index (κ3) is 3.93. The van der Waals surface area contributed by atoms with Crippen LogP contribution >= 0.6 is 0 Å². The molecule has 3 nitrogen and oxygen atoms in total. The van der Waals surface area contributed by atoms with Crippen molar-refractivity contribution < 1.29 is 9.84 Å². The molecule has 1 atom stereocenters. The van der Waals surface area contributed by atoms with E-state index in [1.165, 1.54) is 12.8 Å². The van der Waals surface area contributed by atoms with Gasteiger partial charge in [-0.3, -0.25) is 0 Å². The average Bonchev–Trinajstić information content (AvgIpc) is 3.13. The highest BCUT2D eigenvalue weighted by Gasteiger charge is 2.19. The molecular weight excluding hydrogens is 202 g/mol. The van der Waals surface area contributed by atoms with E-state index < -0.39 is 6.10 Å². The molecule has 1 aliphatic rings. The van der Waals surface area contributed by atoms with E-state index in [4.69, 9.17) is 4.74 Å². The van der Waals surface area contributed by atoms with E-state index in [0.717, 1.165) is 18.2 Å². The molecule has 2 N–H and O–H groups in total. The normalized spacial score (nSPS) is 17.3. The van der Waals surface area contributed by atoms with Gasteiger partial charge in [0, 0.05) is 12.6 Å². The van der Waals surface area contributed by atoms with Crippen molar-refractivity contribution in [1.82, 2.24) is 5.32 Å². The molecule has 1 aliphatic carbocycles. The van der Waals surface area contributed by atoms with E-state index in [1.54, 1.807) is 0 Å². The zero-order valence-corrected chi connectivity index (χ0v) is 9.43. The fourth-order valence-corrected chi connectivity index (χ4v) is 1.59. The second kappa shape index (κ2) is 5.99. The summed E-state index contributed by atoms with van der Waals surface area (Å²) < 4.78 is 5.42. The van der Waals surface area contributed by atoms with E-state index in [2.05, 4.69) is 5.32 Å². The van der Waals surface area contributed by atoms with Gasteiger partial charge in [-0.05, 0) is 18.4 Å². The smallest absolute Gasteiger partial charge is 0.102 e. The molecule has 16 heavy (non-hydrogen) atoms. The molecule has 0 spiro atoms. The summed E-state index contributed by atoms with van der Waals surface area (Å²) in [6.07, 6.45) is 2.08. The first-order valence-electron chi connectivity index (χ1n) is 5.90. The molecule has 0 radical (unpaired) electrons. The summed E-state index contributed by atoms with van der Waals surface area (Å²) in [5.41, 5.74) is 0.914. The summed E-state index contributed by atoms with van der Waals surface area (Å²) in [6, 6.07) is 10.3. The summed E-state index contributed by atoms with van der Waals surface area (Å²) in [4.78, 5) is 0. The van der Waals surface area contributed by atoms with Gasteiger partial charge in [0.1, 0.15) is 6.10 Å². The van der Waals surface area contributed by atoms with Gasteiger partial charge < -0.3 is 15.2 Å². The van der Waals surface area contributed by atoms with E-state index in [1.807, 2.05) is 30.3 Å². The van der Waals surface area contributed by atoms with E-state index in [-0.39, 0.29) is 0 Å². The molecular formula is C13H19NO2. The maximum atomic E-state index is 9.80. The third-order valence-corrected chi connectivity index (χ3v) is 2.72. The number of ether oxygens (including phenoxy) is 1. The molecule has 1 aromatic carbocycles. The highest BCUT2D eigenvalue weighted by atomic mass is 16.5. The molecule has 0 heterocycles. The van der Waals surface area contributed by atoms with Gasteiger partial charge in [0.15, 0.2) is 0 Å². The average molecular weight is 221 g/mol. The van der Waals surface area contributed by atoms with Gasteiger partial charge in [0.2, 0.25) is 0 Å². The zero-order chi connectivity index (χ0) is 11.2. The third-order valence-electron chi connectivity index (χ3n) is 2.72. The van der Waals surface area contributed by atoms with Crippen LogP contribution in [0, 0.1) is 0 Å². The lowest BCUT2D eigenvalue weighted by atomic mass is 10.1. The van der Waals surface area contributed by atoms with Crippen molar-refractivity contribution in [1.29, 1.82) is 0 Å². The Bertz CT molecular complexity index is 298. The second-order valence-corrected chi connectivity index (χ2v) is 4.23. The number of aliphatic hydroxyl groups is 1. The molecule has 88 valence electrons. The summed E-state index contributed by atoms with van der Waals surface area (Å²) in [5.74, 6) is 0. The maximum absolute atomic E-state index is 9.80. The SMILES string of the molecule is OC(COCCNC1CC1)c1ccccc1.